The third kappa shape index (κ3) is 2.56. The average Bonchev–Trinajstić information content (AvgIpc) is 2.67. The lowest BCUT2D eigenvalue weighted by Gasteiger charge is -2.04. The van der Waals surface area contributed by atoms with Gasteiger partial charge in [0.2, 0.25) is 0 Å². The Bertz CT molecular complexity index is 400. The number of thiophene rings is 1. The molecule has 0 aliphatic rings. The maximum atomic E-state index is 4.08. The second-order valence-electron chi connectivity index (χ2n) is 2.88. The zero-order valence-electron chi connectivity index (χ0n) is 7.40. The van der Waals surface area contributed by atoms with E-state index in [1.54, 1.807) is 17.5 Å². The van der Waals surface area contributed by atoms with Crippen molar-refractivity contribution in [1.82, 2.24) is 4.98 Å². The molecular weight excluding hydrogens is 260 g/mol. The number of rotatable bonds is 3. The number of halogens is 1. The molecule has 14 heavy (non-hydrogen) atoms. The molecule has 0 saturated carbocycles. The van der Waals surface area contributed by atoms with Gasteiger partial charge in [0.1, 0.15) is 0 Å². The maximum absolute atomic E-state index is 4.08. The summed E-state index contributed by atoms with van der Waals surface area (Å²) in [6.07, 6.45) is 3.59. The van der Waals surface area contributed by atoms with Gasteiger partial charge in [-0.15, -0.1) is 0 Å². The molecule has 0 fully saturated rings. The smallest absolute Gasteiger partial charge is 0.0540 e. The number of nitrogens with zero attached hydrogens (tertiary/aromatic N) is 1. The third-order valence-electron chi connectivity index (χ3n) is 1.78. The van der Waals surface area contributed by atoms with Crippen LogP contribution in [0.25, 0.3) is 0 Å². The second kappa shape index (κ2) is 4.57. The summed E-state index contributed by atoms with van der Waals surface area (Å²) >= 11 is 5.09. The zero-order chi connectivity index (χ0) is 9.80. The Hall–Kier alpha value is -0.870. The first-order valence-electron chi connectivity index (χ1n) is 4.20. The van der Waals surface area contributed by atoms with Crippen molar-refractivity contribution in [3.8, 4) is 0 Å². The summed E-state index contributed by atoms with van der Waals surface area (Å²) in [5.41, 5.74) is 2.33. The molecule has 0 aliphatic heterocycles. The van der Waals surface area contributed by atoms with Crippen LogP contribution >= 0.6 is 27.3 Å². The van der Waals surface area contributed by atoms with Crippen molar-refractivity contribution in [2.75, 3.05) is 5.32 Å². The van der Waals surface area contributed by atoms with E-state index in [0.29, 0.717) is 0 Å². The van der Waals surface area contributed by atoms with Crippen molar-refractivity contribution >= 4 is 33.0 Å². The molecule has 0 bridgehead atoms. The van der Waals surface area contributed by atoms with E-state index in [-0.39, 0.29) is 0 Å². The van der Waals surface area contributed by atoms with Crippen LogP contribution in [0.2, 0.25) is 0 Å². The van der Waals surface area contributed by atoms with Crippen LogP contribution in [-0.2, 0) is 6.54 Å². The van der Waals surface area contributed by atoms with Gasteiger partial charge in [-0.3, -0.25) is 4.98 Å². The van der Waals surface area contributed by atoms with Crippen molar-refractivity contribution in [2.24, 2.45) is 0 Å². The normalized spacial score (nSPS) is 10.1. The molecule has 0 unspecified atom stereocenters. The molecule has 2 aromatic rings. The Morgan fingerprint density at radius 3 is 3.07 bits per heavy atom. The summed E-state index contributed by atoms with van der Waals surface area (Å²) in [7, 11) is 0. The largest absolute Gasteiger partial charge is 0.380 e. The Labute approximate surface area is 95.1 Å². The molecule has 2 rings (SSSR count). The van der Waals surface area contributed by atoms with Gasteiger partial charge in [-0.2, -0.15) is 11.3 Å². The first-order valence-corrected chi connectivity index (χ1v) is 5.94. The molecule has 4 heteroatoms. The van der Waals surface area contributed by atoms with Gasteiger partial charge >= 0.3 is 0 Å². The fourth-order valence-electron chi connectivity index (χ4n) is 1.11. The van der Waals surface area contributed by atoms with E-state index in [1.165, 1.54) is 5.56 Å². The highest BCUT2D eigenvalue weighted by molar-refractivity contribution is 9.10. The molecule has 2 aromatic heterocycles. The first kappa shape index (κ1) is 9.68. The molecule has 0 saturated heterocycles. The van der Waals surface area contributed by atoms with Crippen LogP contribution in [0, 0.1) is 0 Å². The maximum Gasteiger partial charge on any atom is 0.0540 e. The lowest BCUT2D eigenvalue weighted by Crippen LogP contribution is -1.98. The zero-order valence-corrected chi connectivity index (χ0v) is 9.81. The Balaban J connectivity index is 1.98. The molecular formula is C10H9BrN2S. The summed E-state index contributed by atoms with van der Waals surface area (Å²) in [5, 5.41) is 7.52. The second-order valence-corrected chi connectivity index (χ2v) is 4.57. The highest BCUT2D eigenvalue weighted by Gasteiger charge is 1.95. The molecule has 0 atom stereocenters. The van der Waals surface area contributed by atoms with E-state index in [4.69, 9.17) is 0 Å². The minimum atomic E-state index is 0.849. The SMILES string of the molecule is Brc1cncc(NCc2ccsc2)c1. The molecule has 0 aromatic carbocycles. The van der Waals surface area contributed by atoms with Crippen LogP contribution in [0.4, 0.5) is 5.69 Å². The van der Waals surface area contributed by atoms with Crippen LogP contribution in [0.1, 0.15) is 5.56 Å². The highest BCUT2D eigenvalue weighted by atomic mass is 79.9. The summed E-state index contributed by atoms with van der Waals surface area (Å²) in [5.74, 6) is 0. The van der Waals surface area contributed by atoms with E-state index in [0.717, 1.165) is 16.7 Å². The Kier molecular flexibility index (Phi) is 3.16. The molecule has 2 nitrogen and oxygen atoms in total. The minimum Gasteiger partial charge on any atom is -0.380 e. The van der Waals surface area contributed by atoms with Crippen molar-refractivity contribution in [2.45, 2.75) is 6.54 Å². The predicted molar refractivity (Wildman–Crippen MR) is 63.6 cm³/mol. The quantitative estimate of drug-likeness (QED) is 0.922. The fraction of sp³-hybridized carbons (Fsp3) is 0.100. The first-order chi connectivity index (χ1) is 6.84. The fourth-order valence-corrected chi connectivity index (χ4v) is 2.14. The molecule has 72 valence electrons. The summed E-state index contributed by atoms with van der Waals surface area (Å²) in [4.78, 5) is 4.08. The van der Waals surface area contributed by atoms with E-state index in [2.05, 4.69) is 43.1 Å². The van der Waals surface area contributed by atoms with Crippen molar-refractivity contribution < 1.29 is 0 Å². The number of pyridine rings is 1. The Morgan fingerprint density at radius 2 is 2.36 bits per heavy atom. The van der Waals surface area contributed by atoms with Gasteiger partial charge in [0.15, 0.2) is 0 Å². The molecule has 0 aliphatic carbocycles. The van der Waals surface area contributed by atoms with Crippen LogP contribution in [0.5, 0.6) is 0 Å². The highest BCUT2D eigenvalue weighted by Crippen LogP contribution is 2.15. The van der Waals surface area contributed by atoms with Crippen LogP contribution in [0.3, 0.4) is 0 Å². The monoisotopic (exact) mass is 268 g/mol. The lowest BCUT2D eigenvalue weighted by molar-refractivity contribution is 1.15. The number of hydrogen-bond donors (Lipinski definition) is 1. The summed E-state index contributed by atoms with van der Waals surface area (Å²) in [6, 6.07) is 4.13. The third-order valence-corrected chi connectivity index (χ3v) is 2.95. The average molecular weight is 269 g/mol. The van der Waals surface area contributed by atoms with Crippen LogP contribution in [-0.4, -0.2) is 4.98 Å². The molecule has 1 N–H and O–H groups in total. The number of hydrogen-bond acceptors (Lipinski definition) is 3. The molecule has 0 spiro atoms. The van der Waals surface area contributed by atoms with Gasteiger partial charge < -0.3 is 5.32 Å². The van der Waals surface area contributed by atoms with Crippen molar-refractivity contribution in [1.29, 1.82) is 0 Å². The van der Waals surface area contributed by atoms with Crippen LogP contribution in [0.15, 0.2) is 39.8 Å². The van der Waals surface area contributed by atoms with E-state index < -0.39 is 0 Å². The molecule has 2 heterocycles. The summed E-state index contributed by atoms with van der Waals surface area (Å²) in [6.45, 7) is 0.849. The van der Waals surface area contributed by atoms with Gasteiger partial charge in [0.05, 0.1) is 11.9 Å². The number of anilines is 1. The van der Waals surface area contributed by atoms with Gasteiger partial charge in [-0.25, -0.2) is 0 Å². The van der Waals surface area contributed by atoms with Gasteiger partial charge in [-0.1, -0.05) is 0 Å². The van der Waals surface area contributed by atoms with E-state index in [1.807, 2.05) is 12.3 Å². The van der Waals surface area contributed by atoms with E-state index >= 15 is 0 Å². The number of aromatic nitrogens is 1. The standard InChI is InChI=1S/C10H9BrN2S/c11-9-3-10(6-12-5-9)13-4-8-1-2-14-7-8/h1-3,5-7,13H,4H2. The summed E-state index contributed by atoms with van der Waals surface area (Å²) < 4.78 is 0.993. The van der Waals surface area contributed by atoms with Crippen molar-refractivity contribution in [3.05, 3.63) is 45.3 Å². The molecule has 0 radical (unpaired) electrons. The molecule has 0 amide bonds. The van der Waals surface area contributed by atoms with Gasteiger partial charge in [-0.05, 0) is 44.4 Å². The minimum absolute atomic E-state index is 0.849. The topological polar surface area (TPSA) is 24.9 Å². The van der Waals surface area contributed by atoms with Crippen LogP contribution < -0.4 is 5.32 Å². The predicted octanol–water partition coefficient (Wildman–Crippen LogP) is 3.52. The lowest BCUT2D eigenvalue weighted by atomic mass is 10.3. The van der Waals surface area contributed by atoms with E-state index in [9.17, 15) is 0 Å². The number of nitrogens with one attached hydrogen (secondary N) is 1. The van der Waals surface area contributed by atoms with Gasteiger partial charge in [0, 0.05) is 17.2 Å². The van der Waals surface area contributed by atoms with Gasteiger partial charge in [0.25, 0.3) is 0 Å². The van der Waals surface area contributed by atoms with Crippen molar-refractivity contribution in [3.63, 3.8) is 0 Å². The Morgan fingerprint density at radius 1 is 1.43 bits per heavy atom.